The molecule has 0 saturated heterocycles. The van der Waals surface area contributed by atoms with Crippen LogP contribution >= 0.6 is 0 Å². The predicted molar refractivity (Wildman–Crippen MR) is 36.5 cm³/mol. The Hall–Kier alpha value is -0.370. The highest BCUT2D eigenvalue weighted by Crippen LogP contribution is 2.41. The van der Waals surface area contributed by atoms with Crippen LogP contribution in [-0.4, -0.2) is 17.0 Å². The zero-order chi connectivity index (χ0) is 7.14. The molecule has 2 aliphatic carbocycles. The molecule has 0 aromatic heterocycles. The summed E-state index contributed by atoms with van der Waals surface area (Å²) in [7, 11) is 0. The van der Waals surface area contributed by atoms with Gasteiger partial charge in [-0.25, -0.2) is 0 Å². The van der Waals surface area contributed by atoms with E-state index in [0.29, 0.717) is 18.1 Å². The summed E-state index contributed by atoms with van der Waals surface area (Å²) < 4.78 is 0. The fourth-order valence-electron chi connectivity index (χ4n) is 2.35. The lowest BCUT2D eigenvalue weighted by Gasteiger charge is -2.09. The molecule has 0 spiro atoms. The second kappa shape index (κ2) is 2.06. The number of ketones is 1. The molecule has 0 aromatic rings. The Kier molecular flexibility index (Phi) is 1.31. The fourth-order valence-corrected chi connectivity index (χ4v) is 2.35. The summed E-state index contributed by atoms with van der Waals surface area (Å²) in [6.07, 6.45) is 3.35. The lowest BCUT2D eigenvalue weighted by atomic mass is 9.99. The van der Waals surface area contributed by atoms with Gasteiger partial charge in [0.05, 0.1) is 6.10 Å². The van der Waals surface area contributed by atoms with Crippen LogP contribution in [0.5, 0.6) is 0 Å². The first-order valence-electron chi connectivity index (χ1n) is 4.00. The maximum Gasteiger partial charge on any atom is 0.138 e. The molecule has 1 N–H and O–H groups in total. The molecule has 56 valence electrons. The van der Waals surface area contributed by atoms with Crippen LogP contribution < -0.4 is 0 Å². The Labute approximate surface area is 60.2 Å². The van der Waals surface area contributed by atoms with Gasteiger partial charge in [-0.3, -0.25) is 4.79 Å². The van der Waals surface area contributed by atoms with Crippen molar-refractivity contribution in [3.05, 3.63) is 0 Å². The molecule has 0 unspecified atom stereocenters. The van der Waals surface area contributed by atoms with Gasteiger partial charge >= 0.3 is 0 Å². The number of aliphatic hydroxyl groups is 1. The minimum absolute atomic E-state index is 0.0278. The average Bonchev–Trinajstić information content (AvgIpc) is 2.40. The van der Waals surface area contributed by atoms with Crippen LogP contribution in [-0.2, 0) is 4.79 Å². The summed E-state index contributed by atoms with van der Waals surface area (Å²) in [4.78, 5) is 11.1. The van der Waals surface area contributed by atoms with Gasteiger partial charge in [-0.15, -0.1) is 0 Å². The normalized spacial score (nSPS) is 46.1. The van der Waals surface area contributed by atoms with Crippen molar-refractivity contribution in [2.75, 3.05) is 0 Å². The van der Waals surface area contributed by atoms with E-state index in [1.54, 1.807) is 0 Å². The summed E-state index contributed by atoms with van der Waals surface area (Å²) >= 11 is 0. The van der Waals surface area contributed by atoms with Gasteiger partial charge in [0.2, 0.25) is 0 Å². The molecule has 2 nitrogen and oxygen atoms in total. The molecule has 0 heterocycles. The van der Waals surface area contributed by atoms with E-state index in [4.69, 9.17) is 0 Å². The van der Waals surface area contributed by atoms with Gasteiger partial charge < -0.3 is 5.11 Å². The minimum Gasteiger partial charge on any atom is -0.392 e. The molecule has 0 radical (unpaired) electrons. The molecule has 0 aromatic carbocycles. The lowest BCUT2D eigenvalue weighted by Crippen LogP contribution is -2.21. The second-order valence-corrected chi connectivity index (χ2v) is 3.44. The van der Waals surface area contributed by atoms with E-state index < -0.39 is 0 Å². The second-order valence-electron chi connectivity index (χ2n) is 3.44. The van der Waals surface area contributed by atoms with Crippen molar-refractivity contribution in [2.24, 2.45) is 11.8 Å². The van der Waals surface area contributed by atoms with Crippen molar-refractivity contribution in [1.29, 1.82) is 0 Å². The molecule has 10 heavy (non-hydrogen) atoms. The van der Waals surface area contributed by atoms with Crippen molar-refractivity contribution in [3.63, 3.8) is 0 Å². The van der Waals surface area contributed by atoms with E-state index in [-0.39, 0.29) is 12.0 Å². The maximum absolute atomic E-state index is 11.1. The minimum atomic E-state index is -0.306. The third-order valence-corrected chi connectivity index (χ3v) is 2.89. The van der Waals surface area contributed by atoms with Crippen molar-refractivity contribution in [3.8, 4) is 0 Å². The van der Waals surface area contributed by atoms with Gasteiger partial charge in [0, 0.05) is 12.3 Å². The number of hydrogen-bond acceptors (Lipinski definition) is 2. The number of aliphatic hydroxyl groups excluding tert-OH is 1. The van der Waals surface area contributed by atoms with Crippen molar-refractivity contribution >= 4 is 5.78 Å². The van der Waals surface area contributed by atoms with Crippen molar-refractivity contribution < 1.29 is 9.90 Å². The summed E-state index contributed by atoms with van der Waals surface area (Å²) in [5.74, 6) is 0.859. The van der Waals surface area contributed by atoms with E-state index in [9.17, 15) is 9.90 Å². The monoisotopic (exact) mass is 140 g/mol. The van der Waals surface area contributed by atoms with Crippen molar-refractivity contribution in [1.82, 2.24) is 0 Å². The smallest absolute Gasteiger partial charge is 0.138 e. The van der Waals surface area contributed by atoms with Crippen LogP contribution in [0.15, 0.2) is 0 Å². The third-order valence-electron chi connectivity index (χ3n) is 2.89. The van der Waals surface area contributed by atoms with E-state index in [1.807, 2.05) is 0 Å². The van der Waals surface area contributed by atoms with Gasteiger partial charge in [-0.2, -0.15) is 0 Å². The maximum atomic E-state index is 11.1. The SMILES string of the molecule is O=C1CC[C@@H]2CC[C@H](O)[C@H]12. The molecule has 0 aliphatic heterocycles. The molecule has 3 atom stereocenters. The molecule has 2 heteroatoms. The topological polar surface area (TPSA) is 37.3 Å². The largest absolute Gasteiger partial charge is 0.392 e. The number of Topliss-reactive ketones (excluding diaryl/α,β-unsaturated/α-hetero) is 1. The van der Waals surface area contributed by atoms with Crippen LogP contribution in [0.4, 0.5) is 0 Å². The van der Waals surface area contributed by atoms with Gasteiger partial charge in [0.15, 0.2) is 0 Å². The number of carbonyl (C=O) groups is 1. The highest BCUT2D eigenvalue weighted by molar-refractivity contribution is 5.84. The number of carbonyl (C=O) groups excluding carboxylic acids is 1. The Balaban J connectivity index is 2.19. The summed E-state index contributed by atoms with van der Waals surface area (Å²) in [5.41, 5.74) is 0. The molecule has 2 rings (SSSR count). The first-order chi connectivity index (χ1) is 4.79. The summed E-state index contributed by atoms with van der Waals surface area (Å²) in [5, 5.41) is 9.35. The molecular weight excluding hydrogens is 128 g/mol. The highest BCUT2D eigenvalue weighted by atomic mass is 16.3. The van der Waals surface area contributed by atoms with E-state index in [2.05, 4.69) is 0 Å². The van der Waals surface area contributed by atoms with Gasteiger partial charge in [-0.05, 0) is 25.2 Å². The van der Waals surface area contributed by atoms with Crippen LogP contribution in [0.25, 0.3) is 0 Å². The number of hydrogen-bond donors (Lipinski definition) is 1. The van der Waals surface area contributed by atoms with E-state index >= 15 is 0 Å². The first kappa shape index (κ1) is 6.35. The highest BCUT2D eigenvalue weighted by Gasteiger charge is 2.43. The van der Waals surface area contributed by atoms with Gasteiger partial charge in [-0.1, -0.05) is 0 Å². The molecular formula is C8H12O2. The molecule has 0 amide bonds. The van der Waals surface area contributed by atoms with Gasteiger partial charge in [0.1, 0.15) is 5.78 Å². The zero-order valence-corrected chi connectivity index (χ0v) is 5.92. The number of fused-ring (bicyclic) bond motifs is 1. The Morgan fingerprint density at radius 2 is 2.10 bits per heavy atom. The summed E-state index contributed by atoms with van der Waals surface area (Å²) in [6, 6.07) is 0. The summed E-state index contributed by atoms with van der Waals surface area (Å²) in [6.45, 7) is 0. The van der Waals surface area contributed by atoms with Crippen LogP contribution in [0.1, 0.15) is 25.7 Å². The molecule has 2 aliphatic rings. The molecule has 2 saturated carbocycles. The van der Waals surface area contributed by atoms with Crippen LogP contribution in [0.2, 0.25) is 0 Å². The van der Waals surface area contributed by atoms with Gasteiger partial charge in [0.25, 0.3) is 0 Å². The van der Waals surface area contributed by atoms with E-state index in [1.165, 1.54) is 0 Å². The Morgan fingerprint density at radius 3 is 2.80 bits per heavy atom. The molecule has 0 bridgehead atoms. The molecule has 2 fully saturated rings. The predicted octanol–water partition coefficient (Wildman–Crippen LogP) is 0.736. The fraction of sp³-hybridized carbons (Fsp3) is 0.875. The average molecular weight is 140 g/mol. The van der Waals surface area contributed by atoms with Crippen LogP contribution in [0, 0.1) is 11.8 Å². The Bertz CT molecular complexity index is 165. The quantitative estimate of drug-likeness (QED) is 0.538. The van der Waals surface area contributed by atoms with Crippen molar-refractivity contribution in [2.45, 2.75) is 31.8 Å². The van der Waals surface area contributed by atoms with E-state index in [0.717, 1.165) is 19.3 Å². The zero-order valence-electron chi connectivity index (χ0n) is 5.92. The first-order valence-corrected chi connectivity index (χ1v) is 4.00. The number of rotatable bonds is 0. The lowest BCUT2D eigenvalue weighted by molar-refractivity contribution is -0.123. The standard InChI is InChI=1S/C8H12O2/c9-6-3-1-5-2-4-7(10)8(5)6/h5-6,8-9H,1-4H2/t5-,6-,8+/m0/s1. The van der Waals surface area contributed by atoms with Crippen LogP contribution in [0.3, 0.4) is 0 Å². The Morgan fingerprint density at radius 1 is 1.30 bits per heavy atom. The third kappa shape index (κ3) is 0.717.